The highest BCUT2D eigenvalue weighted by Gasteiger charge is 2.44. The van der Waals surface area contributed by atoms with Crippen LogP contribution < -0.4 is 19.6 Å². The van der Waals surface area contributed by atoms with Gasteiger partial charge in [0.05, 0.1) is 74.5 Å². The van der Waals surface area contributed by atoms with E-state index >= 15 is 0 Å². The van der Waals surface area contributed by atoms with Gasteiger partial charge in [-0.2, -0.15) is 0 Å². The Bertz CT molecular complexity index is 8620. The highest BCUT2D eigenvalue weighted by atomic mass is 15.2. The predicted molar refractivity (Wildman–Crippen MR) is 560 cm³/mol. The van der Waals surface area contributed by atoms with Crippen molar-refractivity contribution >= 4 is 68.4 Å². The molecule has 0 fully saturated rings. The largest absolute Gasteiger partial charge is 0.309 e. The van der Waals surface area contributed by atoms with E-state index < -0.39 is 0 Å². The fourth-order valence-corrected chi connectivity index (χ4v) is 28.2. The third kappa shape index (κ3) is 10.7. The molecule has 6 aromatic heterocycles. The van der Waals surface area contributed by atoms with Crippen molar-refractivity contribution in [3.05, 3.63) is 507 Å². The molecule has 0 atom stereocenters. The average Bonchev–Trinajstić information content (AvgIpc) is 1.48. The van der Waals surface area contributed by atoms with E-state index in [2.05, 4.69) is 315 Å². The average molecular weight is 1790 g/mol. The molecule has 0 unspecified atom stereocenters. The Balaban J connectivity index is 0.0000000829. The molecular weight excluding hydrogens is 1700 g/mol. The Kier molecular flexibility index (Phi) is 15.5. The van der Waals surface area contributed by atoms with Gasteiger partial charge in [0.2, 0.25) is 0 Å². The van der Waals surface area contributed by atoms with Crippen molar-refractivity contribution in [1.82, 2.24) is 29.9 Å². The van der Waals surface area contributed by atoms with Crippen LogP contribution in [-0.4, -0.2) is 29.9 Å². The van der Waals surface area contributed by atoms with E-state index in [1.54, 1.807) is 16.7 Å². The smallest absolute Gasteiger partial charge is 0.141 e. The van der Waals surface area contributed by atoms with Gasteiger partial charge in [-0.25, -0.2) is 4.98 Å². The van der Waals surface area contributed by atoms with Gasteiger partial charge in [0.15, 0.2) is 0 Å². The fourth-order valence-electron chi connectivity index (χ4n) is 28.2. The number of fused-ring (bicyclic) bond motifs is 46. The van der Waals surface area contributed by atoms with Crippen molar-refractivity contribution in [2.45, 2.75) is 103 Å². The lowest BCUT2D eigenvalue weighted by atomic mass is 9.84. The van der Waals surface area contributed by atoms with E-state index in [4.69, 9.17) is 19.9 Å². The molecule has 14 heterocycles. The van der Waals surface area contributed by atoms with Crippen LogP contribution in [0.25, 0.3) is 89.0 Å². The Morgan fingerprint density at radius 1 is 0.157 bits per heavy atom. The molecule has 140 heavy (non-hydrogen) atoms. The van der Waals surface area contributed by atoms with Gasteiger partial charge in [-0.05, 0) is 375 Å². The van der Waals surface area contributed by atoms with Crippen molar-refractivity contribution < 1.29 is 0 Å². The molecule has 0 radical (unpaired) electrons. The van der Waals surface area contributed by atoms with Gasteiger partial charge >= 0.3 is 0 Å². The summed E-state index contributed by atoms with van der Waals surface area (Å²) in [4.78, 5) is 38.2. The molecule has 16 aliphatic rings. The molecule has 8 aliphatic heterocycles. The number of anilines is 12. The molecule has 20 aromatic rings. The SMILES string of the molecule is c1ccc2c(c1)Cc1c-2ccc2c1Cc1ccc3c(c1-2)Cc1ccnc2c1N3c1ccccc1C2.c1ccc2c(c1)Cc1c-2ccc2c1Cc1ccc3c(c1-2)Cc1cncc2c1N3c1ccccc1C2.c1ccc2c(c1)Cc1ccc3c(c1-2)-c1cc2c(cc1C3)N1c3cnccc3Cc3nccc(c31)C2.c1ccc2c(c1)Cc1ccc3c(c1-2)-c1cc2c(cc1C3)N1c3ncccc3Cc3nccc(c31)C2. The number of nitrogens with zero attached hydrogens (tertiary/aromatic N) is 10. The van der Waals surface area contributed by atoms with Crippen LogP contribution in [0, 0.1) is 0 Å². The van der Waals surface area contributed by atoms with Gasteiger partial charge in [0, 0.05) is 112 Å². The minimum atomic E-state index is 0.847. The van der Waals surface area contributed by atoms with Crippen LogP contribution in [0.4, 0.5) is 68.4 Å². The second-order valence-corrected chi connectivity index (χ2v) is 41.1. The molecule has 656 valence electrons. The minimum absolute atomic E-state index is 0.847. The predicted octanol–water partition coefficient (Wildman–Crippen LogP) is 28.8. The van der Waals surface area contributed by atoms with Gasteiger partial charge in [-0.3, -0.25) is 29.8 Å². The summed E-state index contributed by atoms with van der Waals surface area (Å²) in [6, 6.07) is 105. The van der Waals surface area contributed by atoms with Gasteiger partial charge in [-0.15, -0.1) is 0 Å². The maximum absolute atomic E-state index is 4.85. The Morgan fingerprint density at radius 3 is 1.06 bits per heavy atom. The number of aromatic nitrogens is 6. The fraction of sp³-hybridized carbons (Fsp3) is 0.123. The molecular formula is C130H86N10. The van der Waals surface area contributed by atoms with Gasteiger partial charge < -0.3 is 14.7 Å². The van der Waals surface area contributed by atoms with Crippen molar-refractivity contribution in [2.75, 3.05) is 19.6 Å². The van der Waals surface area contributed by atoms with E-state index in [1.165, 1.54) is 308 Å². The lowest BCUT2D eigenvalue weighted by Crippen LogP contribution is -2.26. The molecule has 14 aromatic carbocycles. The van der Waals surface area contributed by atoms with Crippen LogP contribution in [-0.2, 0) is 103 Å². The lowest BCUT2D eigenvalue weighted by Gasteiger charge is -2.39. The molecule has 10 nitrogen and oxygen atoms in total. The summed E-state index contributed by atoms with van der Waals surface area (Å²) >= 11 is 0. The second kappa shape index (κ2) is 28.4. The Hall–Kier alpha value is -16.8. The zero-order valence-electron chi connectivity index (χ0n) is 77.0. The number of pyridine rings is 6. The zero-order chi connectivity index (χ0) is 90.7. The molecule has 0 spiro atoms. The first-order valence-corrected chi connectivity index (χ1v) is 50.0. The third-order valence-electron chi connectivity index (χ3n) is 34.0. The zero-order valence-corrected chi connectivity index (χ0v) is 77.0. The number of hydrogen-bond acceptors (Lipinski definition) is 10. The third-order valence-corrected chi connectivity index (χ3v) is 34.0. The molecule has 8 aliphatic carbocycles. The summed E-state index contributed by atoms with van der Waals surface area (Å²) in [6.45, 7) is 0. The minimum Gasteiger partial charge on any atom is -0.309 e. The first-order valence-electron chi connectivity index (χ1n) is 50.0. The van der Waals surface area contributed by atoms with Gasteiger partial charge in [0.25, 0.3) is 0 Å². The van der Waals surface area contributed by atoms with Crippen molar-refractivity contribution in [1.29, 1.82) is 0 Å². The van der Waals surface area contributed by atoms with Crippen LogP contribution in [0.5, 0.6) is 0 Å². The molecule has 0 amide bonds. The van der Waals surface area contributed by atoms with E-state index in [-0.39, 0.29) is 0 Å². The normalized spacial score (nSPS) is 14.9. The van der Waals surface area contributed by atoms with Crippen molar-refractivity contribution in [3.8, 4) is 89.0 Å². The van der Waals surface area contributed by atoms with Crippen molar-refractivity contribution in [3.63, 3.8) is 0 Å². The summed E-state index contributed by atoms with van der Waals surface area (Å²) in [7, 11) is 0. The molecule has 0 N–H and O–H groups in total. The summed E-state index contributed by atoms with van der Waals surface area (Å²) < 4.78 is 0. The Labute approximate surface area is 811 Å². The topological polar surface area (TPSA) is 90.3 Å². The van der Waals surface area contributed by atoms with Gasteiger partial charge in [0.1, 0.15) is 5.82 Å². The van der Waals surface area contributed by atoms with Crippen LogP contribution >= 0.6 is 0 Å². The summed E-state index contributed by atoms with van der Waals surface area (Å²) in [5.74, 6) is 1.06. The monoisotopic (exact) mass is 1790 g/mol. The van der Waals surface area contributed by atoms with E-state index in [0.717, 1.165) is 114 Å². The lowest BCUT2D eigenvalue weighted by molar-refractivity contribution is 0.938. The van der Waals surface area contributed by atoms with E-state index in [0.29, 0.717) is 0 Å². The maximum Gasteiger partial charge on any atom is 0.141 e. The van der Waals surface area contributed by atoms with Crippen molar-refractivity contribution in [2.24, 2.45) is 0 Å². The summed E-state index contributed by atoms with van der Waals surface area (Å²) in [6.07, 6.45) is 31.6. The molecule has 0 saturated carbocycles. The summed E-state index contributed by atoms with van der Waals surface area (Å²) in [5.41, 5.74) is 82.2. The highest BCUT2D eigenvalue weighted by Crippen LogP contribution is 2.63. The number of para-hydroxylation sites is 2. The highest BCUT2D eigenvalue weighted by molar-refractivity contribution is 6.04. The summed E-state index contributed by atoms with van der Waals surface area (Å²) in [5, 5.41) is 0. The number of rotatable bonds is 0. The van der Waals surface area contributed by atoms with Crippen LogP contribution in [0.3, 0.4) is 0 Å². The molecule has 36 rings (SSSR count). The molecule has 0 bridgehead atoms. The van der Waals surface area contributed by atoms with E-state index in [1.807, 2.05) is 43.2 Å². The second-order valence-electron chi connectivity index (χ2n) is 41.1. The number of hydrogen-bond donors (Lipinski definition) is 0. The standard InChI is InChI=1S/2C33H22N2.2C32H21N3/c1-3-7-24-19(5-1)14-27-25(24)10-11-26-28(27)15-21-9-12-31-29(32(21)26)16-23-18-34-17-22-13-20-6-2-4-8-30(20)35(31)33(22)23;1-3-7-23-19(5-1)15-26-24(23)10-11-25-27(26)16-21-9-12-31-28(32(21)25)17-22-13-14-34-29-18-20-6-2-4-8-30(20)35(31)33(22)29;1-2-6-25-18(4-1)12-19-7-8-20-13-23-17-28-24(15-26(23)30(20)29(19)25)14-21-9-11-33-27-16-22-5-3-10-34-32(22)35(28)31(21)27;1-2-4-25-18(3-1)11-20-5-6-21-12-23-16-28-24(14-26(23)31(21)30(20)25)13-22-8-10-34-27-15-19-7-9-33-17-29(19)35(28)32(22)27/h1-12,17-18H,13-16H2;1-14H,15-18H2;1-11,15,17H,12-14,16H2;1-10,14,16-17H,11-13,15H2. The first kappa shape index (κ1) is 76.4. The Morgan fingerprint density at radius 2 is 0.514 bits per heavy atom. The van der Waals surface area contributed by atoms with Crippen LogP contribution in [0.2, 0.25) is 0 Å². The van der Waals surface area contributed by atoms with Crippen LogP contribution in [0.15, 0.2) is 329 Å². The molecule has 0 saturated heterocycles. The van der Waals surface area contributed by atoms with Gasteiger partial charge in [-0.1, -0.05) is 200 Å². The van der Waals surface area contributed by atoms with E-state index in [9.17, 15) is 0 Å². The van der Waals surface area contributed by atoms with Crippen LogP contribution in [0.1, 0.15) is 178 Å². The molecule has 10 heteroatoms. The first-order chi connectivity index (χ1) is 69.4. The quantitative estimate of drug-likeness (QED) is 0.146. The maximum atomic E-state index is 4.85. The number of benzene rings is 14.